The first-order valence-electron chi connectivity index (χ1n) is 9.00. The number of anilines is 1. The second-order valence-electron chi connectivity index (χ2n) is 6.36. The first-order valence-corrected chi connectivity index (χ1v) is 9.00. The second kappa shape index (κ2) is 8.61. The molecule has 0 N–H and O–H groups in total. The Bertz CT molecular complexity index is 894. The van der Waals surface area contributed by atoms with E-state index < -0.39 is 0 Å². The molecule has 1 aliphatic heterocycles. The largest absolute Gasteiger partial charge is 0.493 e. The van der Waals surface area contributed by atoms with Crippen molar-refractivity contribution in [3.8, 4) is 17.2 Å². The monoisotopic (exact) mass is 381 g/mol. The Morgan fingerprint density at radius 3 is 2.32 bits per heavy atom. The molecule has 0 aliphatic carbocycles. The zero-order valence-corrected chi connectivity index (χ0v) is 16.2. The van der Waals surface area contributed by atoms with Crippen LogP contribution in [0.1, 0.15) is 28.8 Å². The minimum atomic E-state index is -0.151. The van der Waals surface area contributed by atoms with Gasteiger partial charge in [0, 0.05) is 24.2 Å². The van der Waals surface area contributed by atoms with Crippen molar-refractivity contribution >= 4 is 23.5 Å². The molecule has 1 saturated heterocycles. The highest BCUT2D eigenvalue weighted by Crippen LogP contribution is 2.38. The van der Waals surface area contributed by atoms with Crippen molar-refractivity contribution in [3.05, 3.63) is 53.6 Å². The van der Waals surface area contributed by atoms with Gasteiger partial charge in [-0.1, -0.05) is 18.2 Å². The van der Waals surface area contributed by atoms with E-state index in [1.807, 2.05) is 6.07 Å². The van der Waals surface area contributed by atoms with Gasteiger partial charge in [0.2, 0.25) is 11.7 Å². The molecule has 6 heteroatoms. The molecule has 2 aromatic rings. The maximum absolute atomic E-state index is 12.6. The summed E-state index contributed by atoms with van der Waals surface area (Å²) in [4.78, 5) is 26.3. The fourth-order valence-corrected chi connectivity index (χ4v) is 3.21. The molecule has 1 amide bonds. The summed E-state index contributed by atoms with van der Waals surface area (Å²) in [5.41, 5.74) is 2.03. The Hall–Kier alpha value is -3.28. The maximum atomic E-state index is 12.6. The summed E-state index contributed by atoms with van der Waals surface area (Å²) in [6, 6.07) is 10.7. The average Bonchev–Trinajstić information content (AvgIpc) is 3.17. The number of carbonyl (C=O) groups is 2. The normalized spacial score (nSPS) is 13.8. The highest BCUT2D eigenvalue weighted by atomic mass is 16.5. The van der Waals surface area contributed by atoms with Crippen LogP contribution in [0.3, 0.4) is 0 Å². The van der Waals surface area contributed by atoms with E-state index in [4.69, 9.17) is 14.2 Å². The molecule has 3 rings (SSSR count). The third-order valence-electron chi connectivity index (χ3n) is 4.63. The van der Waals surface area contributed by atoms with Gasteiger partial charge in [-0.3, -0.25) is 9.59 Å². The van der Waals surface area contributed by atoms with Crippen LogP contribution in [0.15, 0.2) is 42.5 Å². The summed E-state index contributed by atoms with van der Waals surface area (Å²) < 4.78 is 16.0. The van der Waals surface area contributed by atoms with Crippen LogP contribution in [0.25, 0.3) is 6.08 Å². The summed E-state index contributed by atoms with van der Waals surface area (Å²) in [6.45, 7) is 0.692. The van der Waals surface area contributed by atoms with Gasteiger partial charge in [-0.25, -0.2) is 0 Å². The number of hydrogen-bond donors (Lipinski definition) is 0. The van der Waals surface area contributed by atoms with E-state index in [0.29, 0.717) is 35.8 Å². The molecular weight excluding hydrogens is 358 g/mol. The highest BCUT2D eigenvalue weighted by molar-refractivity contribution is 6.08. The average molecular weight is 381 g/mol. The molecule has 1 aliphatic rings. The number of hydrogen-bond acceptors (Lipinski definition) is 5. The summed E-state index contributed by atoms with van der Waals surface area (Å²) in [6.07, 6.45) is 4.59. The number of rotatable bonds is 7. The maximum Gasteiger partial charge on any atom is 0.227 e. The van der Waals surface area contributed by atoms with Gasteiger partial charge in [-0.2, -0.15) is 0 Å². The van der Waals surface area contributed by atoms with Gasteiger partial charge in [0.15, 0.2) is 17.3 Å². The summed E-state index contributed by atoms with van der Waals surface area (Å²) >= 11 is 0. The lowest BCUT2D eigenvalue weighted by molar-refractivity contribution is -0.117. The summed E-state index contributed by atoms with van der Waals surface area (Å²) in [5.74, 6) is 1.48. The van der Waals surface area contributed by atoms with Crippen LogP contribution < -0.4 is 19.1 Å². The molecule has 0 spiro atoms. The van der Waals surface area contributed by atoms with Crippen LogP contribution in [0, 0.1) is 0 Å². The van der Waals surface area contributed by atoms with Crippen molar-refractivity contribution in [3.63, 3.8) is 0 Å². The Balaban J connectivity index is 1.83. The van der Waals surface area contributed by atoms with Crippen molar-refractivity contribution in [2.24, 2.45) is 0 Å². The first-order chi connectivity index (χ1) is 13.6. The number of allylic oxidation sites excluding steroid dienone is 1. The van der Waals surface area contributed by atoms with E-state index in [-0.39, 0.29) is 11.7 Å². The molecule has 0 aromatic heterocycles. The molecule has 1 fully saturated rings. The summed E-state index contributed by atoms with van der Waals surface area (Å²) in [5, 5.41) is 0. The Kier molecular flexibility index (Phi) is 5.99. The third-order valence-corrected chi connectivity index (χ3v) is 4.63. The van der Waals surface area contributed by atoms with E-state index >= 15 is 0 Å². The van der Waals surface area contributed by atoms with Crippen molar-refractivity contribution in [1.29, 1.82) is 0 Å². The smallest absolute Gasteiger partial charge is 0.227 e. The van der Waals surface area contributed by atoms with Crippen molar-refractivity contribution in [2.45, 2.75) is 12.8 Å². The van der Waals surface area contributed by atoms with E-state index in [1.54, 1.807) is 55.5 Å². The van der Waals surface area contributed by atoms with Crippen molar-refractivity contribution in [1.82, 2.24) is 0 Å². The first kappa shape index (κ1) is 19.5. The fraction of sp³-hybridized carbons (Fsp3) is 0.273. The van der Waals surface area contributed by atoms with Crippen molar-refractivity contribution in [2.75, 3.05) is 32.8 Å². The number of amides is 1. The Morgan fingerprint density at radius 2 is 1.75 bits per heavy atom. The van der Waals surface area contributed by atoms with Gasteiger partial charge >= 0.3 is 0 Å². The predicted molar refractivity (Wildman–Crippen MR) is 107 cm³/mol. The molecule has 2 aromatic carbocycles. The molecule has 0 bridgehead atoms. The lowest BCUT2D eigenvalue weighted by Gasteiger charge is -2.16. The van der Waals surface area contributed by atoms with E-state index in [0.717, 1.165) is 17.7 Å². The second-order valence-corrected chi connectivity index (χ2v) is 6.36. The minimum Gasteiger partial charge on any atom is -0.493 e. The van der Waals surface area contributed by atoms with Crippen LogP contribution in [0.4, 0.5) is 5.69 Å². The number of ether oxygens (including phenoxy) is 3. The van der Waals surface area contributed by atoms with Crippen LogP contribution >= 0.6 is 0 Å². The molecule has 0 radical (unpaired) electrons. The highest BCUT2D eigenvalue weighted by Gasteiger charge is 2.22. The Labute approximate surface area is 164 Å². The number of benzene rings is 2. The topological polar surface area (TPSA) is 65.1 Å². The van der Waals surface area contributed by atoms with Gasteiger partial charge in [-0.05, 0) is 42.3 Å². The summed E-state index contributed by atoms with van der Waals surface area (Å²) in [7, 11) is 4.62. The number of nitrogens with zero attached hydrogens (tertiary/aromatic N) is 1. The van der Waals surface area contributed by atoms with Crippen LogP contribution in [0.5, 0.6) is 17.2 Å². The number of carbonyl (C=O) groups excluding carboxylic acids is 2. The van der Waals surface area contributed by atoms with Gasteiger partial charge in [0.25, 0.3) is 0 Å². The standard InChI is InChI=1S/C22H23NO5/c1-26-19-12-15(13-20(27-2)22(19)28-3)9-10-18(24)16-6-4-7-17(14-16)23-11-5-8-21(23)25/h4,6-7,9-10,12-14H,5,8,11H2,1-3H3. The minimum absolute atomic E-state index is 0.0950. The molecule has 28 heavy (non-hydrogen) atoms. The zero-order chi connectivity index (χ0) is 20.1. The van der Waals surface area contributed by atoms with Gasteiger partial charge in [-0.15, -0.1) is 0 Å². The molecule has 146 valence electrons. The lowest BCUT2D eigenvalue weighted by atomic mass is 10.1. The molecule has 0 unspecified atom stereocenters. The molecule has 0 saturated carbocycles. The molecule has 6 nitrogen and oxygen atoms in total. The van der Waals surface area contributed by atoms with Crippen LogP contribution in [-0.2, 0) is 4.79 Å². The van der Waals surface area contributed by atoms with E-state index in [2.05, 4.69) is 0 Å². The fourth-order valence-electron chi connectivity index (χ4n) is 3.21. The van der Waals surface area contributed by atoms with Crippen molar-refractivity contribution < 1.29 is 23.8 Å². The van der Waals surface area contributed by atoms with Gasteiger partial charge in [0.05, 0.1) is 21.3 Å². The quantitative estimate of drug-likeness (QED) is 0.540. The third kappa shape index (κ3) is 4.01. The number of methoxy groups -OCH3 is 3. The predicted octanol–water partition coefficient (Wildman–Crippen LogP) is 3.74. The van der Waals surface area contributed by atoms with E-state index in [1.165, 1.54) is 13.2 Å². The molecule has 1 heterocycles. The van der Waals surface area contributed by atoms with Gasteiger partial charge < -0.3 is 19.1 Å². The molecular formula is C22H23NO5. The zero-order valence-electron chi connectivity index (χ0n) is 16.2. The lowest BCUT2D eigenvalue weighted by Crippen LogP contribution is -2.23. The Morgan fingerprint density at radius 1 is 1.04 bits per heavy atom. The van der Waals surface area contributed by atoms with E-state index in [9.17, 15) is 9.59 Å². The number of ketones is 1. The van der Waals surface area contributed by atoms with Crippen LogP contribution in [0.2, 0.25) is 0 Å². The molecule has 0 atom stereocenters. The van der Waals surface area contributed by atoms with Gasteiger partial charge in [0.1, 0.15) is 0 Å². The SMILES string of the molecule is COc1cc(C=CC(=O)c2cccc(N3CCCC3=O)c2)cc(OC)c1OC. The van der Waals surface area contributed by atoms with Crippen LogP contribution in [-0.4, -0.2) is 39.6 Å².